The summed E-state index contributed by atoms with van der Waals surface area (Å²) in [6.45, 7) is 6.97. The molecule has 0 unspecified atom stereocenters. The highest BCUT2D eigenvalue weighted by Crippen LogP contribution is 1.97. The maximum atomic E-state index is 11.3. The van der Waals surface area contributed by atoms with Crippen LogP contribution in [0.25, 0.3) is 0 Å². The second kappa shape index (κ2) is 9.57. The van der Waals surface area contributed by atoms with E-state index in [9.17, 15) is 9.59 Å². The molecule has 0 saturated carbocycles. The molecule has 1 aliphatic heterocycles. The van der Waals surface area contributed by atoms with Gasteiger partial charge in [-0.2, -0.15) is 0 Å². The lowest BCUT2D eigenvalue weighted by Crippen LogP contribution is -2.41. The van der Waals surface area contributed by atoms with E-state index >= 15 is 0 Å². The van der Waals surface area contributed by atoms with Gasteiger partial charge >= 0.3 is 12.0 Å². The SMILES string of the molecule is CCOC(=O)CNC(=O)NCCCN1CCOCC1. The first-order chi connectivity index (χ1) is 9.22. The third kappa shape index (κ3) is 7.63. The topological polar surface area (TPSA) is 79.9 Å². The van der Waals surface area contributed by atoms with Gasteiger partial charge in [-0.1, -0.05) is 0 Å². The fourth-order valence-electron chi connectivity index (χ4n) is 1.76. The van der Waals surface area contributed by atoms with Crippen molar-refractivity contribution in [1.82, 2.24) is 15.5 Å². The summed E-state index contributed by atoms with van der Waals surface area (Å²) < 4.78 is 9.95. The molecular formula is C12H23N3O4. The number of urea groups is 1. The smallest absolute Gasteiger partial charge is 0.325 e. The van der Waals surface area contributed by atoms with Crippen molar-refractivity contribution in [2.24, 2.45) is 0 Å². The van der Waals surface area contributed by atoms with Gasteiger partial charge in [0.25, 0.3) is 0 Å². The quantitative estimate of drug-likeness (QED) is 0.486. The lowest BCUT2D eigenvalue weighted by Gasteiger charge is -2.26. The Balaban J connectivity index is 1.96. The molecule has 0 aliphatic carbocycles. The van der Waals surface area contributed by atoms with Crippen molar-refractivity contribution in [2.45, 2.75) is 13.3 Å². The summed E-state index contributed by atoms with van der Waals surface area (Å²) in [7, 11) is 0. The zero-order valence-corrected chi connectivity index (χ0v) is 11.4. The van der Waals surface area contributed by atoms with Crippen LogP contribution in [0.15, 0.2) is 0 Å². The molecule has 1 saturated heterocycles. The highest BCUT2D eigenvalue weighted by molar-refractivity contribution is 5.80. The second-order valence-electron chi connectivity index (χ2n) is 4.22. The summed E-state index contributed by atoms with van der Waals surface area (Å²) >= 11 is 0. The lowest BCUT2D eigenvalue weighted by molar-refractivity contribution is -0.141. The fourth-order valence-corrected chi connectivity index (χ4v) is 1.76. The van der Waals surface area contributed by atoms with Crippen LogP contribution in [0.5, 0.6) is 0 Å². The number of carbonyl (C=O) groups excluding carboxylic acids is 2. The maximum Gasteiger partial charge on any atom is 0.325 e. The molecule has 7 heteroatoms. The highest BCUT2D eigenvalue weighted by Gasteiger charge is 2.09. The summed E-state index contributed by atoms with van der Waals surface area (Å²) in [5, 5.41) is 5.15. The van der Waals surface area contributed by atoms with E-state index in [1.54, 1.807) is 6.92 Å². The number of ether oxygens (including phenoxy) is 2. The van der Waals surface area contributed by atoms with Gasteiger partial charge in [0.2, 0.25) is 0 Å². The average molecular weight is 273 g/mol. The minimum absolute atomic E-state index is 0.0941. The van der Waals surface area contributed by atoms with Crippen molar-refractivity contribution >= 4 is 12.0 Å². The number of nitrogens with zero attached hydrogens (tertiary/aromatic N) is 1. The van der Waals surface area contributed by atoms with Crippen LogP contribution in [-0.2, 0) is 14.3 Å². The molecule has 1 rings (SSSR count). The first-order valence-corrected chi connectivity index (χ1v) is 6.69. The predicted molar refractivity (Wildman–Crippen MR) is 69.9 cm³/mol. The molecule has 1 aliphatic rings. The van der Waals surface area contributed by atoms with Gasteiger partial charge in [-0.15, -0.1) is 0 Å². The monoisotopic (exact) mass is 273 g/mol. The first-order valence-electron chi connectivity index (χ1n) is 6.69. The lowest BCUT2D eigenvalue weighted by atomic mass is 10.3. The third-order valence-corrected chi connectivity index (χ3v) is 2.74. The van der Waals surface area contributed by atoms with E-state index in [0.29, 0.717) is 13.2 Å². The largest absolute Gasteiger partial charge is 0.465 e. The number of amides is 2. The van der Waals surface area contributed by atoms with Gasteiger partial charge in [-0.05, 0) is 19.9 Å². The molecule has 1 fully saturated rings. The van der Waals surface area contributed by atoms with Crippen LogP contribution < -0.4 is 10.6 Å². The summed E-state index contributed by atoms with van der Waals surface area (Å²) in [6, 6.07) is -0.338. The van der Waals surface area contributed by atoms with E-state index in [2.05, 4.69) is 15.5 Å². The van der Waals surface area contributed by atoms with Crippen LogP contribution in [0.2, 0.25) is 0 Å². The molecule has 19 heavy (non-hydrogen) atoms. The van der Waals surface area contributed by atoms with Gasteiger partial charge in [0, 0.05) is 19.6 Å². The van der Waals surface area contributed by atoms with Crippen molar-refractivity contribution in [2.75, 3.05) is 52.5 Å². The first kappa shape index (κ1) is 15.7. The zero-order valence-electron chi connectivity index (χ0n) is 11.4. The molecule has 0 aromatic heterocycles. The number of morpholine rings is 1. The number of hydrogen-bond donors (Lipinski definition) is 2. The number of rotatable bonds is 7. The van der Waals surface area contributed by atoms with Crippen LogP contribution in [0, 0.1) is 0 Å². The number of carbonyl (C=O) groups is 2. The Morgan fingerprint density at radius 1 is 1.26 bits per heavy atom. The van der Waals surface area contributed by atoms with E-state index < -0.39 is 5.97 Å². The number of nitrogens with one attached hydrogen (secondary N) is 2. The van der Waals surface area contributed by atoms with Crippen LogP contribution in [0.1, 0.15) is 13.3 Å². The Hall–Kier alpha value is -1.34. The Morgan fingerprint density at radius 2 is 2.00 bits per heavy atom. The van der Waals surface area contributed by atoms with E-state index in [1.807, 2.05) is 0 Å². The molecule has 0 radical (unpaired) electrons. The minimum Gasteiger partial charge on any atom is -0.465 e. The molecule has 110 valence electrons. The van der Waals surface area contributed by atoms with E-state index in [-0.39, 0.29) is 12.6 Å². The van der Waals surface area contributed by atoms with Gasteiger partial charge in [0.15, 0.2) is 0 Å². The van der Waals surface area contributed by atoms with Gasteiger partial charge in [-0.25, -0.2) is 4.79 Å². The summed E-state index contributed by atoms with van der Waals surface area (Å²) in [5.74, 6) is -0.425. The molecular weight excluding hydrogens is 250 g/mol. The minimum atomic E-state index is -0.425. The average Bonchev–Trinajstić information content (AvgIpc) is 2.43. The number of hydrogen-bond acceptors (Lipinski definition) is 5. The Kier molecular flexibility index (Phi) is 7.92. The predicted octanol–water partition coefficient (Wildman–Crippen LogP) is -0.429. The zero-order chi connectivity index (χ0) is 13.9. The van der Waals surface area contributed by atoms with Crippen LogP contribution in [0.4, 0.5) is 4.79 Å². The molecule has 2 amide bonds. The molecule has 0 bridgehead atoms. The summed E-state index contributed by atoms with van der Waals surface area (Å²) in [5.41, 5.74) is 0. The van der Waals surface area contributed by atoms with Crippen LogP contribution in [-0.4, -0.2) is 69.4 Å². The molecule has 2 N–H and O–H groups in total. The van der Waals surface area contributed by atoms with E-state index in [4.69, 9.17) is 9.47 Å². The number of esters is 1. The van der Waals surface area contributed by atoms with Gasteiger partial charge in [0.05, 0.1) is 19.8 Å². The molecule has 0 spiro atoms. The molecule has 0 atom stereocenters. The third-order valence-electron chi connectivity index (χ3n) is 2.74. The Morgan fingerprint density at radius 3 is 2.68 bits per heavy atom. The molecule has 7 nitrogen and oxygen atoms in total. The van der Waals surface area contributed by atoms with E-state index in [1.165, 1.54) is 0 Å². The maximum absolute atomic E-state index is 11.3. The summed E-state index contributed by atoms with van der Waals surface area (Å²) in [4.78, 5) is 24.6. The van der Waals surface area contributed by atoms with Gasteiger partial charge in [0.1, 0.15) is 6.54 Å². The van der Waals surface area contributed by atoms with Crippen molar-refractivity contribution in [3.8, 4) is 0 Å². The van der Waals surface area contributed by atoms with Crippen LogP contribution in [0.3, 0.4) is 0 Å². The van der Waals surface area contributed by atoms with Crippen molar-refractivity contribution in [3.05, 3.63) is 0 Å². The summed E-state index contributed by atoms with van der Waals surface area (Å²) in [6.07, 6.45) is 0.882. The van der Waals surface area contributed by atoms with Crippen molar-refractivity contribution in [3.63, 3.8) is 0 Å². The van der Waals surface area contributed by atoms with Crippen LogP contribution >= 0.6 is 0 Å². The Labute approximate surface area is 113 Å². The van der Waals surface area contributed by atoms with Gasteiger partial charge in [-0.3, -0.25) is 9.69 Å². The van der Waals surface area contributed by atoms with Gasteiger partial charge < -0.3 is 20.1 Å². The highest BCUT2D eigenvalue weighted by atomic mass is 16.5. The van der Waals surface area contributed by atoms with Crippen molar-refractivity contribution in [1.29, 1.82) is 0 Å². The fraction of sp³-hybridized carbons (Fsp3) is 0.833. The molecule has 1 heterocycles. The Bertz CT molecular complexity index is 280. The van der Waals surface area contributed by atoms with E-state index in [0.717, 1.165) is 39.3 Å². The normalized spacial score (nSPS) is 15.8. The molecule has 0 aromatic carbocycles. The standard InChI is InChI=1S/C12H23N3O4/c1-2-19-11(16)10-14-12(17)13-4-3-5-15-6-8-18-9-7-15/h2-10H2,1H3,(H2,13,14,17). The second-order valence-corrected chi connectivity index (χ2v) is 4.22. The molecule has 0 aromatic rings. The van der Waals surface area contributed by atoms with Crippen molar-refractivity contribution < 1.29 is 19.1 Å².